The molecule has 0 aliphatic carbocycles. The van der Waals surface area contributed by atoms with E-state index in [-0.39, 0.29) is 5.91 Å². The van der Waals surface area contributed by atoms with Crippen molar-refractivity contribution in [3.8, 4) is 0 Å². The molecule has 4 nitrogen and oxygen atoms in total. The summed E-state index contributed by atoms with van der Waals surface area (Å²) < 4.78 is 6.09. The summed E-state index contributed by atoms with van der Waals surface area (Å²) >= 11 is 3.26. The van der Waals surface area contributed by atoms with E-state index in [1.165, 1.54) is 0 Å². The van der Waals surface area contributed by atoms with Crippen molar-refractivity contribution < 1.29 is 9.21 Å². The van der Waals surface area contributed by atoms with Crippen LogP contribution in [0.15, 0.2) is 51.7 Å². The van der Waals surface area contributed by atoms with E-state index in [4.69, 9.17) is 4.42 Å². The summed E-state index contributed by atoms with van der Waals surface area (Å²) in [7, 11) is 1.76. The lowest BCUT2D eigenvalue weighted by atomic mass is 10.1. The number of halogens is 1. The summed E-state index contributed by atoms with van der Waals surface area (Å²) in [5.41, 5.74) is 1.64. The fourth-order valence-corrected chi connectivity index (χ4v) is 2.54. The Balaban J connectivity index is 1.84. The first-order chi connectivity index (χ1) is 9.65. The van der Waals surface area contributed by atoms with Crippen molar-refractivity contribution in [2.45, 2.75) is 6.54 Å². The normalized spacial score (nSPS) is 10.9. The third-order valence-electron chi connectivity index (χ3n) is 3.19. The predicted molar refractivity (Wildman–Crippen MR) is 80.5 cm³/mol. The molecule has 1 aromatic carbocycles. The molecule has 0 bridgehead atoms. The van der Waals surface area contributed by atoms with Gasteiger partial charge >= 0.3 is 0 Å². The first-order valence-electron chi connectivity index (χ1n) is 6.21. The number of benzene rings is 1. The number of carbonyl (C=O) groups is 1. The van der Waals surface area contributed by atoms with Gasteiger partial charge in [0.05, 0.1) is 12.1 Å². The molecule has 3 aromatic rings. The van der Waals surface area contributed by atoms with Crippen molar-refractivity contribution in [1.82, 2.24) is 9.88 Å². The molecule has 0 saturated heterocycles. The molecule has 0 atom stereocenters. The van der Waals surface area contributed by atoms with Crippen LogP contribution >= 0.6 is 15.9 Å². The molecule has 20 heavy (non-hydrogen) atoms. The van der Waals surface area contributed by atoms with Gasteiger partial charge in [0, 0.05) is 24.1 Å². The topological polar surface area (TPSA) is 49.2 Å². The van der Waals surface area contributed by atoms with E-state index in [1.54, 1.807) is 18.1 Å². The highest BCUT2D eigenvalue weighted by Gasteiger charge is 2.17. The maximum Gasteiger partial charge on any atom is 0.256 e. The van der Waals surface area contributed by atoms with Crippen LogP contribution in [0.1, 0.15) is 16.1 Å². The van der Waals surface area contributed by atoms with E-state index < -0.39 is 0 Å². The zero-order valence-corrected chi connectivity index (χ0v) is 12.5. The number of carbonyl (C=O) groups excluding carboxylic acids is 1. The first-order valence-corrected chi connectivity index (χ1v) is 7.00. The van der Waals surface area contributed by atoms with Crippen LogP contribution in [0.3, 0.4) is 0 Å². The van der Waals surface area contributed by atoms with Crippen molar-refractivity contribution in [1.29, 1.82) is 0 Å². The minimum atomic E-state index is -0.0324. The van der Waals surface area contributed by atoms with Crippen molar-refractivity contribution in [3.63, 3.8) is 0 Å². The minimum Gasteiger partial charge on any atom is -0.452 e. The van der Waals surface area contributed by atoms with E-state index in [0.29, 0.717) is 16.8 Å². The highest BCUT2D eigenvalue weighted by molar-refractivity contribution is 9.10. The van der Waals surface area contributed by atoms with Crippen LogP contribution in [0.2, 0.25) is 0 Å². The number of fused-ring (bicyclic) bond motifs is 1. The van der Waals surface area contributed by atoms with Gasteiger partial charge in [0.25, 0.3) is 5.91 Å². The second kappa shape index (κ2) is 5.17. The summed E-state index contributed by atoms with van der Waals surface area (Å²) in [6.07, 6.45) is 1.75. The summed E-state index contributed by atoms with van der Waals surface area (Å²) in [6, 6.07) is 11.4. The lowest BCUT2D eigenvalue weighted by molar-refractivity contribution is 0.0777. The van der Waals surface area contributed by atoms with Gasteiger partial charge in [0.2, 0.25) is 0 Å². The van der Waals surface area contributed by atoms with Crippen molar-refractivity contribution in [3.05, 3.63) is 58.6 Å². The van der Waals surface area contributed by atoms with Gasteiger partial charge in [-0.2, -0.15) is 0 Å². The van der Waals surface area contributed by atoms with Gasteiger partial charge in [-0.1, -0.05) is 18.2 Å². The van der Waals surface area contributed by atoms with Gasteiger partial charge < -0.3 is 14.3 Å². The summed E-state index contributed by atoms with van der Waals surface area (Å²) in [5.74, 6) is 0.711. The largest absolute Gasteiger partial charge is 0.452 e. The van der Waals surface area contributed by atoms with Crippen LogP contribution in [0.4, 0.5) is 0 Å². The van der Waals surface area contributed by atoms with Gasteiger partial charge in [-0.15, -0.1) is 0 Å². The molecule has 2 aromatic heterocycles. The fraction of sp³-hybridized carbons (Fsp3) is 0.133. The SMILES string of the molecule is CN(Cc1ccc(Br)o1)C(=O)c1c[nH]c2ccccc12. The molecule has 0 saturated carbocycles. The van der Waals surface area contributed by atoms with Gasteiger partial charge in [-0.05, 0) is 34.1 Å². The average Bonchev–Trinajstić information content (AvgIpc) is 3.04. The van der Waals surface area contributed by atoms with Crippen molar-refractivity contribution in [2.75, 3.05) is 7.05 Å². The van der Waals surface area contributed by atoms with E-state index in [1.807, 2.05) is 36.4 Å². The molecule has 1 N–H and O–H groups in total. The van der Waals surface area contributed by atoms with Crippen LogP contribution in [-0.4, -0.2) is 22.8 Å². The summed E-state index contributed by atoms with van der Waals surface area (Å²) in [5, 5.41) is 0.935. The van der Waals surface area contributed by atoms with Gasteiger partial charge in [-0.25, -0.2) is 0 Å². The third kappa shape index (κ3) is 2.36. The molecule has 1 amide bonds. The molecular weight excluding hydrogens is 320 g/mol. The van der Waals surface area contributed by atoms with Crippen LogP contribution < -0.4 is 0 Å². The smallest absolute Gasteiger partial charge is 0.256 e. The second-order valence-electron chi connectivity index (χ2n) is 4.61. The average molecular weight is 333 g/mol. The number of para-hydroxylation sites is 1. The number of nitrogens with zero attached hydrogens (tertiary/aromatic N) is 1. The van der Waals surface area contributed by atoms with E-state index in [0.717, 1.165) is 16.7 Å². The molecule has 0 radical (unpaired) electrons. The molecule has 102 valence electrons. The number of furan rings is 1. The van der Waals surface area contributed by atoms with Crippen molar-refractivity contribution in [2.24, 2.45) is 0 Å². The van der Waals surface area contributed by atoms with E-state index in [9.17, 15) is 4.79 Å². The maximum atomic E-state index is 12.5. The zero-order valence-electron chi connectivity index (χ0n) is 10.9. The quantitative estimate of drug-likeness (QED) is 0.793. The van der Waals surface area contributed by atoms with Crippen LogP contribution in [0.25, 0.3) is 10.9 Å². The standard InChI is InChI=1S/C15H13BrN2O2/c1-18(9-10-6-7-14(16)20-10)15(19)12-8-17-13-5-3-2-4-11(12)13/h2-8,17H,9H2,1H3. The molecule has 0 aliphatic rings. The number of aromatic nitrogens is 1. The number of hydrogen-bond acceptors (Lipinski definition) is 2. The Bertz CT molecular complexity index is 760. The van der Waals surface area contributed by atoms with Crippen LogP contribution in [0, 0.1) is 0 Å². The maximum absolute atomic E-state index is 12.5. The van der Waals surface area contributed by atoms with Crippen molar-refractivity contribution >= 4 is 32.7 Å². The molecule has 0 spiro atoms. The number of H-pyrrole nitrogens is 1. The van der Waals surface area contributed by atoms with Crippen LogP contribution in [0.5, 0.6) is 0 Å². The van der Waals surface area contributed by atoms with E-state index in [2.05, 4.69) is 20.9 Å². The highest BCUT2D eigenvalue weighted by atomic mass is 79.9. The first kappa shape index (κ1) is 13.0. The lowest BCUT2D eigenvalue weighted by Crippen LogP contribution is -2.25. The number of nitrogens with one attached hydrogen (secondary N) is 1. The molecule has 0 unspecified atom stereocenters. The Morgan fingerprint density at radius 1 is 1.30 bits per heavy atom. The lowest BCUT2D eigenvalue weighted by Gasteiger charge is -2.15. The van der Waals surface area contributed by atoms with Gasteiger partial charge in [0.15, 0.2) is 4.67 Å². The molecular formula is C15H13BrN2O2. The summed E-state index contributed by atoms with van der Waals surface area (Å²) in [4.78, 5) is 17.2. The molecule has 5 heteroatoms. The Hall–Kier alpha value is -2.01. The Morgan fingerprint density at radius 3 is 2.85 bits per heavy atom. The Morgan fingerprint density at radius 2 is 2.10 bits per heavy atom. The molecule has 3 rings (SSSR count). The predicted octanol–water partition coefficient (Wildman–Crippen LogP) is 3.80. The second-order valence-corrected chi connectivity index (χ2v) is 5.40. The molecule has 2 heterocycles. The fourth-order valence-electron chi connectivity index (χ4n) is 2.20. The number of amides is 1. The highest BCUT2D eigenvalue weighted by Crippen LogP contribution is 2.20. The summed E-state index contributed by atoms with van der Waals surface area (Å²) in [6.45, 7) is 0.434. The van der Waals surface area contributed by atoms with E-state index >= 15 is 0 Å². The third-order valence-corrected chi connectivity index (χ3v) is 3.61. The number of rotatable bonds is 3. The minimum absolute atomic E-state index is 0.0324. The number of hydrogen-bond donors (Lipinski definition) is 1. The number of aromatic amines is 1. The molecule has 0 fully saturated rings. The monoisotopic (exact) mass is 332 g/mol. The van der Waals surface area contributed by atoms with Gasteiger partial charge in [0.1, 0.15) is 5.76 Å². The van der Waals surface area contributed by atoms with Gasteiger partial charge in [-0.3, -0.25) is 4.79 Å². The van der Waals surface area contributed by atoms with Crippen LogP contribution in [-0.2, 0) is 6.54 Å². The Labute approximate surface area is 124 Å². The Kier molecular flexibility index (Phi) is 3.36. The molecule has 0 aliphatic heterocycles. The zero-order chi connectivity index (χ0) is 14.1.